The molecule has 5 nitrogen and oxygen atoms in total. The number of rotatable bonds is 6. The number of aromatic nitrogens is 2. The summed E-state index contributed by atoms with van der Waals surface area (Å²) in [5, 5.41) is 13.1. The molecule has 2 aromatic heterocycles. The summed E-state index contributed by atoms with van der Waals surface area (Å²) >= 11 is 1.07. The maximum absolute atomic E-state index is 12.8. The highest BCUT2D eigenvalue weighted by atomic mass is 32.1. The van der Waals surface area contributed by atoms with Crippen LogP contribution in [0.15, 0.2) is 36.7 Å². The Kier molecular flexibility index (Phi) is 5.97. The highest BCUT2D eigenvalue weighted by Crippen LogP contribution is 2.46. The van der Waals surface area contributed by atoms with Crippen molar-refractivity contribution in [1.29, 1.82) is 5.26 Å². The minimum Gasteiger partial charge on any atom is -0.367 e. The average molecular weight is 472 g/mol. The minimum absolute atomic E-state index is 0.184. The third-order valence-corrected chi connectivity index (χ3v) is 7.50. The van der Waals surface area contributed by atoms with Crippen molar-refractivity contribution in [3.8, 4) is 6.07 Å². The first kappa shape index (κ1) is 22.1. The van der Waals surface area contributed by atoms with Crippen molar-refractivity contribution in [2.75, 3.05) is 18.4 Å². The second-order valence-electron chi connectivity index (χ2n) is 8.96. The summed E-state index contributed by atoms with van der Waals surface area (Å²) in [7, 11) is 0. The number of halogens is 3. The van der Waals surface area contributed by atoms with Crippen LogP contribution in [0.5, 0.6) is 0 Å². The Balaban J connectivity index is 1.16. The predicted molar refractivity (Wildman–Crippen MR) is 122 cm³/mol. The fourth-order valence-electron chi connectivity index (χ4n) is 4.57. The largest absolute Gasteiger partial charge is 0.393 e. The molecular weight excluding hydrogens is 447 g/mol. The summed E-state index contributed by atoms with van der Waals surface area (Å²) in [5.74, 6) is 1.21. The molecule has 5 rings (SSSR count). The minimum atomic E-state index is -4.23. The van der Waals surface area contributed by atoms with Crippen molar-refractivity contribution >= 4 is 27.4 Å². The highest BCUT2D eigenvalue weighted by molar-refractivity contribution is 7.18. The average Bonchev–Trinajstić information content (AvgIpc) is 3.46. The van der Waals surface area contributed by atoms with Crippen LogP contribution in [0.25, 0.3) is 10.2 Å². The molecule has 172 valence electrons. The van der Waals surface area contributed by atoms with Gasteiger partial charge in [-0.1, -0.05) is 24.3 Å². The van der Waals surface area contributed by atoms with E-state index in [0.717, 1.165) is 50.2 Å². The maximum Gasteiger partial charge on any atom is 0.393 e. The SMILES string of the molecule is N#CC1CC1c1ccc(CN2CCC(Nc3ncnc4sc(CC(F)(F)F)cc34)CC2)cc1. The van der Waals surface area contributed by atoms with E-state index >= 15 is 0 Å². The molecule has 2 unspecified atom stereocenters. The number of fused-ring (bicyclic) bond motifs is 1. The Hall–Kier alpha value is -2.70. The number of hydrogen-bond donors (Lipinski definition) is 1. The van der Waals surface area contributed by atoms with Crippen molar-refractivity contribution in [2.45, 2.75) is 50.4 Å². The number of nitrogens with one attached hydrogen (secondary N) is 1. The van der Waals surface area contributed by atoms with Gasteiger partial charge in [-0.3, -0.25) is 4.90 Å². The van der Waals surface area contributed by atoms with Crippen LogP contribution in [0.3, 0.4) is 0 Å². The lowest BCUT2D eigenvalue weighted by atomic mass is 10.0. The first-order valence-electron chi connectivity index (χ1n) is 11.2. The standard InChI is InChI=1S/C24H24F3N5S/c25-24(26,27)11-19-10-21-22(29-14-30-23(21)33-19)31-18-5-7-32(8-6-18)13-15-1-3-16(4-2-15)20-9-17(20)12-28/h1-4,10,14,17-18,20H,5-9,11,13H2,(H,29,30,31). The number of likely N-dealkylation sites (tertiary alicyclic amines) is 1. The Morgan fingerprint density at radius 3 is 2.58 bits per heavy atom. The number of nitriles is 1. The zero-order chi connectivity index (χ0) is 23.0. The lowest BCUT2D eigenvalue weighted by Gasteiger charge is -2.32. The van der Waals surface area contributed by atoms with E-state index in [1.54, 1.807) is 6.07 Å². The van der Waals surface area contributed by atoms with E-state index in [4.69, 9.17) is 5.26 Å². The van der Waals surface area contributed by atoms with Gasteiger partial charge in [0.2, 0.25) is 0 Å². The van der Waals surface area contributed by atoms with Crippen molar-refractivity contribution < 1.29 is 13.2 Å². The normalized spacial score (nSPS) is 21.8. The van der Waals surface area contributed by atoms with Crippen LogP contribution in [0.2, 0.25) is 0 Å². The molecule has 0 spiro atoms. The summed E-state index contributed by atoms with van der Waals surface area (Å²) in [4.78, 5) is 11.7. The molecule has 2 atom stereocenters. The number of benzene rings is 1. The second kappa shape index (κ2) is 8.92. The molecule has 9 heteroatoms. The fraction of sp³-hybridized carbons (Fsp3) is 0.458. The Bertz CT molecular complexity index is 1160. The number of piperidine rings is 1. The molecule has 1 aliphatic heterocycles. The van der Waals surface area contributed by atoms with Crippen molar-refractivity contribution in [1.82, 2.24) is 14.9 Å². The molecule has 0 amide bonds. The number of nitrogens with zero attached hydrogens (tertiary/aromatic N) is 4. The van der Waals surface area contributed by atoms with E-state index < -0.39 is 12.6 Å². The summed E-state index contributed by atoms with van der Waals surface area (Å²) in [6.07, 6.45) is -0.899. The van der Waals surface area contributed by atoms with E-state index in [1.807, 2.05) is 0 Å². The zero-order valence-electron chi connectivity index (χ0n) is 18.0. The van der Waals surface area contributed by atoms with E-state index in [1.165, 1.54) is 17.5 Å². The third-order valence-electron chi connectivity index (χ3n) is 6.45. The topological polar surface area (TPSA) is 64.8 Å². The monoisotopic (exact) mass is 471 g/mol. The fourth-order valence-corrected chi connectivity index (χ4v) is 5.59. The van der Waals surface area contributed by atoms with Gasteiger partial charge in [0, 0.05) is 36.5 Å². The van der Waals surface area contributed by atoms with Gasteiger partial charge in [0.1, 0.15) is 17.0 Å². The van der Waals surface area contributed by atoms with Crippen LogP contribution in [-0.4, -0.2) is 40.2 Å². The van der Waals surface area contributed by atoms with Crippen LogP contribution in [0.4, 0.5) is 19.0 Å². The number of hydrogen-bond acceptors (Lipinski definition) is 6. The van der Waals surface area contributed by atoms with Gasteiger partial charge in [0.25, 0.3) is 0 Å². The smallest absolute Gasteiger partial charge is 0.367 e. The van der Waals surface area contributed by atoms with Crippen molar-refractivity contribution in [3.63, 3.8) is 0 Å². The van der Waals surface area contributed by atoms with Crippen LogP contribution < -0.4 is 5.32 Å². The second-order valence-corrected chi connectivity index (χ2v) is 10.1. The first-order valence-corrected chi connectivity index (χ1v) is 12.0. The molecule has 1 aliphatic carbocycles. The number of alkyl halides is 3. The number of anilines is 1. The molecule has 1 saturated carbocycles. The van der Waals surface area contributed by atoms with Crippen LogP contribution in [0.1, 0.15) is 41.2 Å². The molecule has 1 N–H and O–H groups in total. The third kappa shape index (κ3) is 5.28. The molecule has 2 aliphatic rings. The molecule has 2 fully saturated rings. The lowest BCUT2D eigenvalue weighted by molar-refractivity contribution is -0.126. The zero-order valence-corrected chi connectivity index (χ0v) is 18.8. The summed E-state index contributed by atoms with van der Waals surface area (Å²) in [5.41, 5.74) is 2.53. The lowest BCUT2D eigenvalue weighted by Crippen LogP contribution is -2.38. The molecule has 3 aromatic rings. The van der Waals surface area contributed by atoms with Gasteiger partial charge in [0.15, 0.2) is 0 Å². The van der Waals surface area contributed by atoms with Crippen LogP contribution in [-0.2, 0) is 13.0 Å². The van der Waals surface area contributed by atoms with Gasteiger partial charge in [-0.25, -0.2) is 9.97 Å². The summed E-state index contributed by atoms with van der Waals surface area (Å²) in [6.45, 7) is 2.77. The maximum atomic E-state index is 12.8. The molecular formula is C24H24F3N5S. The predicted octanol–water partition coefficient (Wildman–Crippen LogP) is 5.50. The van der Waals surface area contributed by atoms with E-state index in [2.05, 4.69) is 50.5 Å². The van der Waals surface area contributed by atoms with Gasteiger partial charge in [-0.2, -0.15) is 18.4 Å². The summed E-state index contributed by atoms with van der Waals surface area (Å²) in [6, 6.07) is 12.8. The molecule has 0 bridgehead atoms. The Morgan fingerprint density at radius 2 is 1.91 bits per heavy atom. The van der Waals surface area contributed by atoms with E-state index in [9.17, 15) is 13.2 Å². The molecule has 0 radical (unpaired) electrons. The quantitative estimate of drug-likeness (QED) is 0.514. The Labute approximate surface area is 194 Å². The van der Waals surface area contributed by atoms with E-state index in [0.29, 0.717) is 22.0 Å². The highest BCUT2D eigenvalue weighted by Gasteiger charge is 2.38. The van der Waals surface area contributed by atoms with Gasteiger partial charge >= 0.3 is 6.18 Å². The van der Waals surface area contributed by atoms with Gasteiger partial charge < -0.3 is 5.32 Å². The van der Waals surface area contributed by atoms with Crippen LogP contribution in [0, 0.1) is 17.2 Å². The molecule has 33 heavy (non-hydrogen) atoms. The van der Waals surface area contributed by atoms with Gasteiger partial charge in [-0.05, 0) is 36.5 Å². The van der Waals surface area contributed by atoms with Gasteiger partial charge in [-0.15, -0.1) is 11.3 Å². The molecule has 1 saturated heterocycles. The van der Waals surface area contributed by atoms with Crippen molar-refractivity contribution in [3.05, 3.63) is 52.7 Å². The van der Waals surface area contributed by atoms with Crippen LogP contribution >= 0.6 is 11.3 Å². The molecule has 1 aromatic carbocycles. The van der Waals surface area contributed by atoms with E-state index in [-0.39, 0.29) is 16.8 Å². The first-order chi connectivity index (χ1) is 15.9. The Morgan fingerprint density at radius 1 is 1.15 bits per heavy atom. The summed E-state index contributed by atoms with van der Waals surface area (Å²) < 4.78 is 38.3. The van der Waals surface area contributed by atoms with Crippen molar-refractivity contribution in [2.24, 2.45) is 5.92 Å². The molecule has 3 heterocycles. The van der Waals surface area contributed by atoms with Gasteiger partial charge in [0.05, 0.1) is 23.8 Å². The number of thiophene rings is 1.